The van der Waals surface area contributed by atoms with Crippen LogP contribution in [-0.4, -0.2) is 22.0 Å². The monoisotopic (exact) mass is 290 g/mol. The van der Waals surface area contributed by atoms with E-state index in [0.717, 1.165) is 11.5 Å². The van der Waals surface area contributed by atoms with Crippen molar-refractivity contribution in [3.63, 3.8) is 0 Å². The highest BCUT2D eigenvalue weighted by Gasteiger charge is 2.36. The third-order valence-electron chi connectivity index (χ3n) is 3.98. The Balaban J connectivity index is 1.82. The maximum atomic E-state index is 6.07. The van der Waals surface area contributed by atoms with Crippen molar-refractivity contribution < 1.29 is 13.7 Å². The Labute approximate surface area is 123 Å². The summed E-state index contributed by atoms with van der Waals surface area (Å²) in [6, 6.07) is 7.70. The molecule has 1 aliphatic heterocycles. The SMILES string of the molecule is CC(C)(C)[Si](C)(C)OC/C=C\B1Oc2ccccc2O1. The zero-order chi connectivity index (χ0) is 14.8. The summed E-state index contributed by atoms with van der Waals surface area (Å²) in [4.78, 5) is 0. The lowest BCUT2D eigenvalue weighted by Gasteiger charge is -2.35. The highest BCUT2D eigenvalue weighted by atomic mass is 28.4. The third kappa shape index (κ3) is 3.46. The van der Waals surface area contributed by atoms with Gasteiger partial charge in [0.25, 0.3) is 0 Å². The second kappa shape index (κ2) is 5.66. The van der Waals surface area contributed by atoms with Crippen molar-refractivity contribution in [3.8, 4) is 11.5 Å². The minimum Gasteiger partial charge on any atom is -0.520 e. The highest BCUT2D eigenvalue weighted by molar-refractivity contribution is 6.74. The minimum atomic E-state index is -1.68. The second-order valence-electron chi connectivity index (χ2n) is 6.55. The summed E-state index contributed by atoms with van der Waals surface area (Å²) < 4.78 is 17.4. The van der Waals surface area contributed by atoms with E-state index in [1.165, 1.54) is 0 Å². The lowest BCUT2D eigenvalue weighted by atomic mass is 9.90. The fourth-order valence-electron chi connectivity index (χ4n) is 1.64. The van der Waals surface area contributed by atoms with Crippen LogP contribution in [0.5, 0.6) is 11.5 Å². The maximum absolute atomic E-state index is 6.07. The van der Waals surface area contributed by atoms with Crippen LogP contribution < -0.4 is 9.31 Å². The summed E-state index contributed by atoms with van der Waals surface area (Å²) >= 11 is 0. The number of hydrogen-bond donors (Lipinski definition) is 0. The van der Waals surface area contributed by atoms with Crippen LogP contribution in [0.25, 0.3) is 0 Å². The van der Waals surface area contributed by atoms with Crippen molar-refractivity contribution >= 4 is 15.4 Å². The van der Waals surface area contributed by atoms with Crippen LogP contribution in [0, 0.1) is 0 Å². The second-order valence-corrected chi connectivity index (χ2v) is 11.4. The molecule has 20 heavy (non-hydrogen) atoms. The molecule has 1 aliphatic rings. The fourth-order valence-corrected chi connectivity index (χ4v) is 2.58. The molecule has 0 fully saturated rings. The van der Waals surface area contributed by atoms with Gasteiger partial charge in [0, 0.05) is 0 Å². The predicted octanol–water partition coefficient (Wildman–Crippen LogP) is 4.06. The molecule has 0 aromatic heterocycles. The van der Waals surface area contributed by atoms with Crippen LogP contribution in [0.4, 0.5) is 0 Å². The maximum Gasteiger partial charge on any atom is 0.624 e. The van der Waals surface area contributed by atoms with Crippen LogP contribution in [0.15, 0.2) is 36.3 Å². The summed E-state index contributed by atoms with van der Waals surface area (Å²) in [5.41, 5.74) is 0. The van der Waals surface area contributed by atoms with Crippen LogP contribution in [0.3, 0.4) is 0 Å². The molecule has 0 spiro atoms. The number of benzene rings is 1. The molecule has 1 heterocycles. The van der Waals surface area contributed by atoms with Crippen molar-refractivity contribution in [2.75, 3.05) is 6.61 Å². The standard InChI is InChI=1S/C15H23BO3Si/c1-15(2,3)20(4,5)17-12-8-11-16-18-13-9-6-7-10-14(13)19-16/h6-11H,12H2,1-5H3/b11-8-. The van der Waals surface area contributed by atoms with Crippen molar-refractivity contribution in [3.05, 3.63) is 36.3 Å². The number of hydrogen-bond acceptors (Lipinski definition) is 3. The van der Waals surface area contributed by atoms with E-state index in [2.05, 4.69) is 33.9 Å². The molecule has 0 amide bonds. The van der Waals surface area contributed by atoms with E-state index in [4.69, 9.17) is 13.7 Å². The van der Waals surface area contributed by atoms with Gasteiger partial charge in [0.15, 0.2) is 8.32 Å². The Morgan fingerprint density at radius 2 is 1.70 bits per heavy atom. The molecule has 0 N–H and O–H groups in total. The molecule has 0 saturated carbocycles. The molecule has 0 unspecified atom stereocenters. The molecule has 1 aromatic rings. The van der Waals surface area contributed by atoms with Crippen molar-refractivity contribution in [2.45, 2.75) is 38.9 Å². The van der Waals surface area contributed by atoms with Gasteiger partial charge in [0.1, 0.15) is 11.5 Å². The highest BCUT2D eigenvalue weighted by Crippen LogP contribution is 2.36. The van der Waals surface area contributed by atoms with Gasteiger partial charge in [0.2, 0.25) is 0 Å². The Morgan fingerprint density at radius 3 is 2.20 bits per heavy atom. The topological polar surface area (TPSA) is 27.7 Å². The normalized spacial score (nSPS) is 15.2. The molecule has 2 rings (SSSR count). The first kappa shape index (κ1) is 15.2. The Kier molecular flexibility index (Phi) is 4.30. The van der Waals surface area contributed by atoms with E-state index in [-0.39, 0.29) is 12.2 Å². The molecule has 0 atom stereocenters. The summed E-state index contributed by atoms with van der Waals surface area (Å²) in [5, 5.41) is 0.234. The van der Waals surface area contributed by atoms with Crippen LogP contribution >= 0.6 is 0 Å². The van der Waals surface area contributed by atoms with E-state index < -0.39 is 8.32 Å². The number of rotatable bonds is 4. The predicted molar refractivity (Wildman–Crippen MR) is 85.7 cm³/mol. The van der Waals surface area contributed by atoms with Gasteiger partial charge in [-0.2, -0.15) is 0 Å². The zero-order valence-electron chi connectivity index (χ0n) is 13.0. The van der Waals surface area contributed by atoms with Gasteiger partial charge in [-0.25, -0.2) is 0 Å². The van der Waals surface area contributed by atoms with E-state index in [9.17, 15) is 0 Å². The number of para-hydroxylation sites is 2. The van der Waals surface area contributed by atoms with Gasteiger partial charge in [-0.05, 0) is 36.2 Å². The molecule has 1 aromatic carbocycles. The first-order chi connectivity index (χ1) is 9.29. The van der Waals surface area contributed by atoms with Gasteiger partial charge in [-0.3, -0.25) is 0 Å². The zero-order valence-corrected chi connectivity index (χ0v) is 14.0. The molecular weight excluding hydrogens is 267 g/mol. The molecule has 108 valence electrons. The molecular formula is C15H23BO3Si. The summed E-state index contributed by atoms with van der Waals surface area (Å²) in [6.45, 7) is 11.8. The number of fused-ring (bicyclic) bond motifs is 1. The van der Waals surface area contributed by atoms with Crippen molar-refractivity contribution in [1.82, 2.24) is 0 Å². The molecule has 0 aliphatic carbocycles. The Hall–Kier alpha value is -1.20. The lowest BCUT2D eigenvalue weighted by molar-refractivity contribution is 0.328. The molecule has 0 bridgehead atoms. The Bertz CT molecular complexity index is 469. The largest absolute Gasteiger partial charge is 0.624 e. The van der Waals surface area contributed by atoms with Gasteiger partial charge in [0.05, 0.1) is 6.61 Å². The van der Waals surface area contributed by atoms with E-state index in [1.807, 2.05) is 36.3 Å². The summed E-state index contributed by atoms with van der Waals surface area (Å²) in [7, 11) is -2.02. The molecule has 0 saturated heterocycles. The molecule has 0 radical (unpaired) electrons. The van der Waals surface area contributed by atoms with Gasteiger partial charge < -0.3 is 13.7 Å². The molecule has 3 nitrogen and oxygen atoms in total. The quantitative estimate of drug-likeness (QED) is 0.783. The van der Waals surface area contributed by atoms with Crippen molar-refractivity contribution in [2.24, 2.45) is 0 Å². The summed E-state index contributed by atoms with van der Waals surface area (Å²) in [5.74, 6) is 3.51. The average Bonchev–Trinajstić information content (AvgIpc) is 2.76. The molecule has 5 heteroatoms. The first-order valence-electron chi connectivity index (χ1n) is 7.02. The van der Waals surface area contributed by atoms with Crippen LogP contribution in [-0.2, 0) is 4.43 Å². The van der Waals surface area contributed by atoms with E-state index in [1.54, 1.807) is 0 Å². The van der Waals surface area contributed by atoms with E-state index in [0.29, 0.717) is 6.61 Å². The average molecular weight is 290 g/mol. The Morgan fingerprint density at radius 1 is 1.15 bits per heavy atom. The lowest BCUT2D eigenvalue weighted by Crippen LogP contribution is -2.40. The smallest absolute Gasteiger partial charge is 0.520 e. The van der Waals surface area contributed by atoms with E-state index >= 15 is 0 Å². The van der Waals surface area contributed by atoms with Gasteiger partial charge in [-0.15, -0.1) is 0 Å². The minimum absolute atomic E-state index is 0.234. The van der Waals surface area contributed by atoms with Gasteiger partial charge in [-0.1, -0.05) is 39.0 Å². The summed E-state index contributed by atoms with van der Waals surface area (Å²) in [6.07, 6.45) is 1.98. The third-order valence-corrected chi connectivity index (χ3v) is 8.48. The first-order valence-corrected chi connectivity index (χ1v) is 9.93. The van der Waals surface area contributed by atoms with Gasteiger partial charge >= 0.3 is 7.12 Å². The van der Waals surface area contributed by atoms with Crippen LogP contribution in [0.1, 0.15) is 20.8 Å². The fraction of sp³-hybridized carbons (Fsp3) is 0.467. The van der Waals surface area contributed by atoms with Crippen LogP contribution in [0.2, 0.25) is 18.1 Å². The van der Waals surface area contributed by atoms with Crippen molar-refractivity contribution in [1.29, 1.82) is 0 Å².